The second-order valence-electron chi connectivity index (χ2n) is 3.39. The summed E-state index contributed by atoms with van der Waals surface area (Å²) in [5, 5.41) is 5.44. The van der Waals surface area contributed by atoms with Crippen LogP contribution in [0.25, 0.3) is 11.1 Å². The van der Waals surface area contributed by atoms with Crippen LogP contribution in [0.5, 0.6) is 0 Å². The fourth-order valence-electron chi connectivity index (χ4n) is 1.68. The maximum Gasteiger partial charge on any atom is 0.0481 e. The number of thiophene rings is 1. The van der Waals surface area contributed by atoms with Crippen LogP contribution in [0.4, 0.5) is 0 Å². The molecule has 0 saturated heterocycles. The summed E-state index contributed by atoms with van der Waals surface area (Å²) in [5.74, 6) is 0. The Hall–Kier alpha value is -1.08. The van der Waals surface area contributed by atoms with Crippen molar-refractivity contribution in [3.63, 3.8) is 0 Å². The molecule has 14 heavy (non-hydrogen) atoms. The molecule has 0 aliphatic heterocycles. The van der Waals surface area contributed by atoms with Crippen molar-refractivity contribution >= 4 is 11.3 Å². The van der Waals surface area contributed by atoms with Crippen LogP contribution in [0, 0.1) is 12.3 Å². The Bertz CT molecular complexity index is 426. The van der Waals surface area contributed by atoms with Gasteiger partial charge in [-0.3, -0.25) is 0 Å². The normalized spacial score (nSPS) is 10.4. The summed E-state index contributed by atoms with van der Waals surface area (Å²) < 4.78 is 0. The van der Waals surface area contributed by atoms with Gasteiger partial charge in [-0.2, -0.15) is 0 Å². The summed E-state index contributed by atoms with van der Waals surface area (Å²) in [6.45, 7) is 4.32. The monoisotopic (exact) mass is 201 g/mol. The quantitative estimate of drug-likeness (QED) is 0.686. The van der Waals surface area contributed by atoms with Crippen molar-refractivity contribution in [2.75, 3.05) is 0 Å². The first-order valence-corrected chi connectivity index (χ1v) is 5.75. The molecule has 0 aliphatic carbocycles. The highest BCUT2D eigenvalue weighted by atomic mass is 32.1. The lowest BCUT2D eigenvalue weighted by molar-refractivity contribution is 1.14. The third-order valence-electron chi connectivity index (χ3n) is 2.48. The van der Waals surface area contributed by atoms with Crippen LogP contribution in [0.2, 0.25) is 0 Å². The molecule has 0 atom stereocenters. The number of benzene rings is 1. The average Bonchev–Trinajstić information content (AvgIpc) is 2.64. The van der Waals surface area contributed by atoms with E-state index in [-0.39, 0.29) is 0 Å². The van der Waals surface area contributed by atoms with Crippen molar-refractivity contribution < 1.29 is 0 Å². The molecule has 1 heterocycles. The summed E-state index contributed by atoms with van der Waals surface area (Å²) >= 11 is 1.66. The lowest BCUT2D eigenvalue weighted by Gasteiger charge is -2.06. The first-order valence-electron chi connectivity index (χ1n) is 4.87. The third-order valence-corrected chi connectivity index (χ3v) is 3.26. The van der Waals surface area contributed by atoms with Crippen LogP contribution in [0.3, 0.4) is 0 Å². The zero-order valence-corrected chi connectivity index (χ0v) is 9.32. The molecule has 0 fully saturated rings. The van der Waals surface area contributed by atoms with Gasteiger partial charge in [0.05, 0.1) is 0 Å². The topological polar surface area (TPSA) is 0 Å². The van der Waals surface area contributed by atoms with Crippen molar-refractivity contribution in [2.24, 2.45) is 0 Å². The lowest BCUT2D eigenvalue weighted by atomic mass is 9.98. The molecule has 0 amide bonds. The zero-order chi connectivity index (χ0) is 9.97. The minimum atomic E-state index is 1.09. The van der Waals surface area contributed by atoms with Gasteiger partial charge in [0, 0.05) is 5.38 Å². The van der Waals surface area contributed by atoms with Gasteiger partial charge in [-0.05, 0) is 41.0 Å². The maximum absolute atomic E-state index is 3.26. The van der Waals surface area contributed by atoms with Crippen molar-refractivity contribution in [3.8, 4) is 11.1 Å². The van der Waals surface area contributed by atoms with Gasteiger partial charge >= 0.3 is 0 Å². The lowest BCUT2D eigenvalue weighted by Crippen LogP contribution is -1.86. The van der Waals surface area contributed by atoms with Crippen LogP contribution < -0.4 is 0 Å². The number of hydrogen-bond acceptors (Lipinski definition) is 1. The smallest absolute Gasteiger partial charge is 0.0481 e. The summed E-state index contributed by atoms with van der Waals surface area (Å²) in [7, 11) is 0. The molecule has 1 radical (unpaired) electrons. The maximum atomic E-state index is 3.26. The largest absolute Gasteiger partial charge is 0.142 e. The highest BCUT2D eigenvalue weighted by molar-refractivity contribution is 7.07. The van der Waals surface area contributed by atoms with Gasteiger partial charge < -0.3 is 0 Å². The molecule has 1 aromatic carbocycles. The van der Waals surface area contributed by atoms with Crippen LogP contribution in [-0.4, -0.2) is 0 Å². The molecule has 0 aliphatic rings. The molecule has 2 aromatic rings. The van der Waals surface area contributed by atoms with E-state index < -0.39 is 0 Å². The molecule has 71 valence electrons. The number of hydrogen-bond donors (Lipinski definition) is 0. The van der Waals surface area contributed by atoms with Gasteiger partial charge in [-0.25, -0.2) is 0 Å². The van der Waals surface area contributed by atoms with Gasteiger partial charge in [-0.1, -0.05) is 31.2 Å². The number of rotatable bonds is 2. The van der Waals surface area contributed by atoms with Gasteiger partial charge in [0.2, 0.25) is 0 Å². The second kappa shape index (κ2) is 3.97. The Morgan fingerprint density at radius 2 is 2.00 bits per heavy atom. The van der Waals surface area contributed by atoms with Crippen LogP contribution >= 0.6 is 11.3 Å². The summed E-state index contributed by atoms with van der Waals surface area (Å²) in [4.78, 5) is 0. The third kappa shape index (κ3) is 1.60. The molecular weight excluding hydrogens is 188 g/mol. The highest BCUT2D eigenvalue weighted by Crippen LogP contribution is 2.29. The van der Waals surface area contributed by atoms with E-state index in [4.69, 9.17) is 0 Å². The zero-order valence-electron chi connectivity index (χ0n) is 8.50. The predicted octanol–water partition coefficient (Wildman–Crippen LogP) is 4.09. The SMILES string of the molecule is CCc1ccccc1-c1cs[c]c1C. The summed E-state index contributed by atoms with van der Waals surface area (Å²) in [6.07, 6.45) is 1.09. The molecule has 0 spiro atoms. The minimum Gasteiger partial charge on any atom is -0.142 e. The van der Waals surface area contributed by atoms with Gasteiger partial charge in [0.25, 0.3) is 0 Å². The molecule has 1 aromatic heterocycles. The Morgan fingerprint density at radius 1 is 1.21 bits per heavy atom. The van der Waals surface area contributed by atoms with E-state index in [2.05, 4.69) is 48.9 Å². The van der Waals surface area contributed by atoms with Crippen LogP contribution in [-0.2, 0) is 6.42 Å². The Labute approximate surface area is 89.2 Å². The summed E-state index contributed by atoms with van der Waals surface area (Å²) in [6, 6.07) is 8.60. The van der Waals surface area contributed by atoms with Crippen molar-refractivity contribution in [1.82, 2.24) is 0 Å². The van der Waals surface area contributed by atoms with E-state index in [0.29, 0.717) is 0 Å². The van der Waals surface area contributed by atoms with Gasteiger partial charge in [0.15, 0.2) is 0 Å². The molecule has 0 saturated carbocycles. The van der Waals surface area contributed by atoms with Crippen molar-refractivity contribution in [2.45, 2.75) is 20.3 Å². The van der Waals surface area contributed by atoms with E-state index in [9.17, 15) is 0 Å². The first-order chi connectivity index (χ1) is 6.83. The highest BCUT2D eigenvalue weighted by Gasteiger charge is 2.06. The van der Waals surface area contributed by atoms with E-state index >= 15 is 0 Å². The van der Waals surface area contributed by atoms with E-state index in [1.807, 2.05) is 0 Å². The molecular formula is C13H13S. The Kier molecular flexibility index (Phi) is 2.69. The molecule has 2 rings (SSSR count). The van der Waals surface area contributed by atoms with Gasteiger partial charge in [-0.15, -0.1) is 11.3 Å². The van der Waals surface area contributed by atoms with E-state index in [1.54, 1.807) is 11.3 Å². The fourth-order valence-corrected chi connectivity index (χ4v) is 2.44. The molecule has 0 unspecified atom stereocenters. The fraction of sp³-hybridized carbons (Fsp3) is 0.231. The average molecular weight is 201 g/mol. The van der Waals surface area contributed by atoms with E-state index in [1.165, 1.54) is 22.3 Å². The Balaban J connectivity index is 2.56. The van der Waals surface area contributed by atoms with Crippen LogP contribution in [0.15, 0.2) is 29.6 Å². The molecule has 0 nitrogen and oxygen atoms in total. The molecule has 0 bridgehead atoms. The van der Waals surface area contributed by atoms with E-state index in [0.717, 1.165) is 6.42 Å². The van der Waals surface area contributed by atoms with Gasteiger partial charge in [0.1, 0.15) is 0 Å². The molecule has 0 N–H and O–H groups in total. The predicted molar refractivity (Wildman–Crippen MR) is 62.7 cm³/mol. The van der Waals surface area contributed by atoms with Crippen molar-refractivity contribution in [1.29, 1.82) is 0 Å². The standard InChI is InChI=1S/C13H13S/c1-3-11-6-4-5-7-12(11)13-9-14-8-10(13)2/h4-7,9H,3H2,1-2H3. The second-order valence-corrected chi connectivity index (χ2v) is 4.06. The number of aryl methyl sites for hydroxylation is 2. The summed E-state index contributed by atoms with van der Waals surface area (Å²) in [5.41, 5.74) is 5.38. The first kappa shape index (κ1) is 9.47. The minimum absolute atomic E-state index is 1.09. The Morgan fingerprint density at radius 3 is 2.64 bits per heavy atom. The molecule has 1 heteroatoms. The van der Waals surface area contributed by atoms with Crippen LogP contribution in [0.1, 0.15) is 18.1 Å². The van der Waals surface area contributed by atoms with Crippen molar-refractivity contribution in [3.05, 3.63) is 46.2 Å².